The highest BCUT2D eigenvalue weighted by Gasteiger charge is 2.38. The normalized spacial score (nSPS) is 17.4. The Balaban J connectivity index is 0.919. The molecule has 0 spiro atoms. The van der Waals surface area contributed by atoms with E-state index in [0.717, 1.165) is 16.8 Å². The van der Waals surface area contributed by atoms with Crippen LogP contribution in [0.1, 0.15) is 52.1 Å². The van der Waals surface area contributed by atoms with E-state index in [-0.39, 0.29) is 43.7 Å². The van der Waals surface area contributed by atoms with Gasteiger partial charge in [-0.05, 0) is 55.3 Å². The Morgan fingerprint density at radius 1 is 0.768 bits per heavy atom. The van der Waals surface area contributed by atoms with Crippen molar-refractivity contribution in [2.45, 2.75) is 49.9 Å². The number of para-hydroxylation sites is 1. The van der Waals surface area contributed by atoms with Crippen LogP contribution in [-0.4, -0.2) is 81.2 Å². The van der Waals surface area contributed by atoms with Crippen molar-refractivity contribution < 1.29 is 38.1 Å². The van der Waals surface area contributed by atoms with Gasteiger partial charge < -0.3 is 23.7 Å². The number of hydrogen-bond acceptors (Lipinski definition) is 11. The standard InChI is InChI=1S/C42H41N5O8S/c1-42(2,56)23-55-41(50)45-26-11-10-25-15-28-22-44-32-20-38(36(52-4)18-30(32)40(49)47(28)34(25)16-26)54-13-7-12-53-37-19-31-29(17-35(37)51-3)39(48)46-27(21-43-31)14-24-8-5-6-9-33(24)46/h5-6,8-11,16-22,27-28,56H,7,12-15,23H2,1-4H3,(H,45,50)/t27-,28-/m0/s1. The molecule has 0 bridgehead atoms. The highest BCUT2D eigenvalue weighted by Crippen LogP contribution is 2.43. The van der Waals surface area contributed by atoms with Gasteiger partial charge in [0.05, 0.1) is 67.7 Å². The molecule has 2 atom stereocenters. The summed E-state index contributed by atoms with van der Waals surface area (Å²) >= 11 is 4.40. The van der Waals surface area contributed by atoms with Gasteiger partial charge in [0.1, 0.15) is 6.61 Å². The summed E-state index contributed by atoms with van der Waals surface area (Å²) in [5.41, 5.74) is 5.94. The minimum absolute atomic E-state index is 0.133. The summed E-state index contributed by atoms with van der Waals surface area (Å²) in [7, 11) is 3.06. The topological polar surface area (TPSA) is 141 Å². The molecule has 0 aromatic heterocycles. The lowest BCUT2D eigenvalue weighted by Gasteiger charge is -2.22. The van der Waals surface area contributed by atoms with Gasteiger partial charge >= 0.3 is 6.09 Å². The van der Waals surface area contributed by atoms with E-state index in [1.807, 2.05) is 50.4 Å². The summed E-state index contributed by atoms with van der Waals surface area (Å²) in [4.78, 5) is 53.1. The first-order valence-electron chi connectivity index (χ1n) is 18.3. The lowest BCUT2D eigenvalue weighted by molar-refractivity contribution is 0.0978. The van der Waals surface area contributed by atoms with Crippen LogP contribution >= 0.6 is 12.6 Å². The number of fused-ring (bicyclic) bond motifs is 8. The SMILES string of the molecule is COc1cc2c(cc1OCCCOc1cc3c(cc1OC)C(=O)N1c4cc(NC(=O)OCC(C)(C)S)ccc4C[C@H]1C=N3)N=C[C@@H]1Cc3ccccc3N1C2=O. The number of benzene rings is 4. The zero-order valence-electron chi connectivity index (χ0n) is 31.4. The van der Waals surface area contributed by atoms with Crippen molar-refractivity contribution in [1.82, 2.24) is 0 Å². The number of anilines is 3. The predicted octanol–water partition coefficient (Wildman–Crippen LogP) is 7.38. The van der Waals surface area contributed by atoms with Gasteiger partial charge in [0, 0.05) is 59.9 Å². The van der Waals surface area contributed by atoms with Crippen LogP contribution < -0.4 is 34.1 Å². The van der Waals surface area contributed by atoms with Crippen LogP contribution in [0, 0.1) is 0 Å². The molecule has 4 aliphatic rings. The van der Waals surface area contributed by atoms with Gasteiger partial charge in [-0.3, -0.25) is 34.7 Å². The van der Waals surface area contributed by atoms with Crippen LogP contribution in [0.15, 0.2) is 76.7 Å². The number of rotatable bonds is 11. The summed E-state index contributed by atoms with van der Waals surface area (Å²) in [5.74, 6) is 1.34. The van der Waals surface area contributed by atoms with E-state index in [2.05, 4.69) is 22.9 Å². The van der Waals surface area contributed by atoms with Crippen LogP contribution in [0.4, 0.5) is 33.2 Å². The van der Waals surface area contributed by atoms with Gasteiger partial charge in [-0.2, -0.15) is 12.6 Å². The van der Waals surface area contributed by atoms with Crippen molar-refractivity contribution in [3.05, 3.63) is 89.0 Å². The van der Waals surface area contributed by atoms with Gasteiger partial charge in [0.15, 0.2) is 23.0 Å². The molecule has 13 nitrogen and oxygen atoms in total. The number of ether oxygens (including phenoxy) is 5. The molecule has 1 N–H and O–H groups in total. The van der Waals surface area contributed by atoms with Gasteiger partial charge in [0.2, 0.25) is 0 Å². The van der Waals surface area contributed by atoms with E-state index < -0.39 is 10.8 Å². The zero-order valence-corrected chi connectivity index (χ0v) is 32.3. The molecule has 4 aromatic rings. The van der Waals surface area contributed by atoms with Crippen molar-refractivity contribution in [2.75, 3.05) is 49.2 Å². The number of methoxy groups -OCH3 is 2. The van der Waals surface area contributed by atoms with Crippen molar-refractivity contribution >= 4 is 71.4 Å². The molecule has 288 valence electrons. The van der Waals surface area contributed by atoms with Gasteiger partial charge in [-0.15, -0.1) is 0 Å². The summed E-state index contributed by atoms with van der Waals surface area (Å²) in [6, 6.07) is 19.7. The number of aliphatic imine (C=N–C) groups is 2. The minimum Gasteiger partial charge on any atom is -0.493 e. The van der Waals surface area contributed by atoms with E-state index in [9.17, 15) is 14.4 Å². The third-order valence-corrected chi connectivity index (χ3v) is 10.1. The maximum Gasteiger partial charge on any atom is 0.411 e. The summed E-state index contributed by atoms with van der Waals surface area (Å²) in [6.45, 7) is 4.40. The van der Waals surface area contributed by atoms with E-state index >= 15 is 0 Å². The van der Waals surface area contributed by atoms with Crippen LogP contribution in [0.2, 0.25) is 0 Å². The molecule has 0 saturated carbocycles. The minimum atomic E-state index is -0.604. The Kier molecular flexibility index (Phi) is 9.83. The molecule has 4 heterocycles. The lowest BCUT2D eigenvalue weighted by atomic mass is 10.1. The average Bonchev–Trinajstić information content (AvgIpc) is 3.67. The summed E-state index contributed by atoms with van der Waals surface area (Å²) in [6.07, 6.45) is 4.76. The van der Waals surface area contributed by atoms with Crippen molar-refractivity contribution in [2.24, 2.45) is 9.98 Å². The zero-order chi connectivity index (χ0) is 39.1. The number of amides is 3. The molecule has 4 aliphatic heterocycles. The molecule has 56 heavy (non-hydrogen) atoms. The molecule has 0 saturated heterocycles. The van der Waals surface area contributed by atoms with Gasteiger partial charge in [-0.1, -0.05) is 24.3 Å². The Hall–Kier alpha value is -6.02. The maximum absolute atomic E-state index is 14.1. The fourth-order valence-electron chi connectivity index (χ4n) is 7.32. The van der Waals surface area contributed by atoms with Crippen LogP contribution in [0.5, 0.6) is 23.0 Å². The third kappa shape index (κ3) is 7.12. The average molecular weight is 776 g/mol. The molecule has 0 aliphatic carbocycles. The molecule has 8 rings (SSSR count). The fourth-order valence-corrected chi connectivity index (χ4v) is 7.38. The first-order chi connectivity index (χ1) is 27.0. The summed E-state index contributed by atoms with van der Waals surface area (Å²) < 4.78 is 28.4. The van der Waals surface area contributed by atoms with E-state index in [1.54, 1.807) is 52.4 Å². The maximum atomic E-state index is 14.1. The first kappa shape index (κ1) is 36.9. The molecule has 0 fully saturated rings. The van der Waals surface area contributed by atoms with E-state index in [1.165, 1.54) is 14.2 Å². The Bertz CT molecular complexity index is 2300. The fraction of sp³-hybridized carbons (Fsp3) is 0.310. The van der Waals surface area contributed by atoms with Crippen LogP contribution in [0.3, 0.4) is 0 Å². The quantitative estimate of drug-likeness (QED) is 0.119. The lowest BCUT2D eigenvalue weighted by Crippen LogP contribution is -2.37. The van der Waals surface area contributed by atoms with Crippen molar-refractivity contribution in [3.8, 4) is 23.0 Å². The van der Waals surface area contributed by atoms with E-state index in [0.29, 0.717) is 76.1 Å². The molecule has 4 aromatic carbocycles. The number of nitrogens with one attached hydrogen (secondary N) is 1. The van der Waals surface area contributed by atoms with E-state index in [4.69, 9.17) is 28.7 Å². The third-order valence-electron chi connectivity index (χ3n) is 9.96. The van der Waals surface area contributed by atoms with Crippen LogP contribution in [-0.2, 0) is 17.6 Å². The van der Waals surface area contributed by atoms with Crippen LogP contribution in [0.25, 0.3) is 0 Å². The Morgan fingerprint density at radius 3 is 1.89 bits per heavy atom. The molecule has 3 amide bonds. The van der Waals surface area contributed by atoms with Crippen molar-refractivity contribution in [3.63, 3.8) is 0 Å². The van der Waals surface area contributed by atoms with Gasteiger partial charge in [0.25, 0.3) is 11.8 Å². The number of carbonyl (C=O) groups excluding carboxylic acids is 3. The molecular formula is C42H41N5O8S. The summed E-state index contributed by atoms with van der Waals surface area (Å²) in [5, 5.41) is 2.75. The second-order valence-corrected chi connectivity index (χ2v) is 15.7. The highest BCUT2D eigenvalue weighted by molar-refractivity contribution is 7.81. The Labute approximate surface area is 329 Å². The second-order valence-electron chi connectivity index (χ2n) is 14.5. The first-order valence-corrected chi connectivity index (χ1v) is 18.8. The molecule has 14 heteroatoms. The molecule has 0 radical (unpaired) electrons. The largest absolute Gasteiger partial charge is 0.493 e. The predicted molar refractivity (Wildman–Crippen MR) is 217 cm³/mol. The molecule has 0 unspecified atom stereocenters. The number of nitrogens with zero attached hydrogens (tertiary/aromatic N) is 4. The second kappa shape index (κ2) is 14.9. The number of carbonyl (C=O) groups is 3. The molecular weight excluding hydrogens is 735 g/mol. The van der Waals surface area contributed by atoms with Gasteiger partial charge in [-0.25, -0.2) is 4.79 Å². The highest BCUT2D eigenvalue weighted by atomic mass is 32.1. The van der Waals surface area contributed by atoms with Crippen molar-refractivity contribution in [1.29, 1.82) is 0 Å². The number of hydrogen-bond donors (Lipinski definition) is 2. The Morgan fingerprint density at radius 2 is 1.32 bits per heavy atom. The number of thiol groups is 1. The monoisotopic (exact) mass is 775 g/mol. The smallest absolute Gasteiger partial charge is 0.411 e.